The molecule has 0 bridgehead atoms. The SMILES string of the molecule is CC1=[N+]2C(=[N+]1c1ccccc1C)c1ccc(C(F)(F)F)cc1C(C)(C1CC1C)CC(C)CC2C. The molecule has 2 aromatic rings. The Morgan fingerprint density at radius 1 is 0.971 bits per heavy atom. The number of nitrogens with zero attached hydrogens (tertiary/aromatic N) is 2. The second kappa shape index (κ2) is 7.79. The van der Waals surface area contributed by atoms with E-state index in [-0.39, 0.29) is 11.5 Å². The minimum absolute atomic E-state index is 0.277. The summed E-state index contributed by atoms with van der Waals surface area (Å²) in [5, 5.41) is 0. The Hall–Kier alpha value is -2.43. The highest BCUT2D eigenvalue weighted by Crippen LogP contribution is 2.56. The zero-order chi connectivity index (χ0) is 24.6. The first-order chi connectivity index (χ1) is 15.9. The first-order valence-corrected chi connectivity index (χ1v) is 12.5. The van der Waals surface area contributed by atoms with Crippen LogP contribution in [0.5, 0.6) is 0 Å². The van der Waals surface area contributed by atoms with Gasteiger partial charge in [0.15, 0.2) is 6.04 Å². The normalized spacial score (nSPS) is 31.2. The fraction of sp³-hybridized carbons (Fsp3) is 0.517. The van der Waals surface area contributed by atoms with Gasteiger partial charge in [-0.1, -0.05) is 43.5 Å². The van der Waals surface area contributed by atoms with E-state index in [1.54, 1.807) is 6.07 Å². The molecule has 1 fully saturated rings. The number of fused-ring (bicyclic) bond motifs is 3. The Morgan fingerprint density at radius 2 is 1.65 bits per heavy atom. The van der Waals surface area contributed by atoms with E-state index in [4.69, 9.17) is 0 Å². The summed E-state index contributed by atoms with van der Waals surface area (Å²) in [7, 11) is 0. The standard InChI is InChI=1S/C29H35F3N2/c1-17-13-20(4)33-21(5)34(26-10-8-7-9-18(26)2)27(33)23-12-11-22(29(30,31)32)15-25(23)28(6,16-17)24-14-19(24)3/h7-12,15,17,19-20,24H,13-14,16H2,1-6H3/q+2. The van der Waals surface area contributed by atoms with Gasteiger partial charge < -0.3 is 0 Å². The molecule has 34 heavy (non-hydrogen) atoms. The number of rotatable bonds is 2. The molecule has 2 aromatic carbocycles. The number of halogens is 3. The van der Waals surface area contributed by atoms with E-state index in [1.807, 2.05) is 12.1 Å². The van der Waals surface area contributed by atoms with Gasteiger partial charge >= 0.3 is 17.8 Å². The van der Waals surface area contributed by atoms with Crippen molar-refractivity contribution in [2.75, 3.05) is 0 Å². The lowest BCUT2D eigenvalue weighted by molar-refractivity contribution is -0.602. The van der Waals surface area contributed by atoms with Crippen LogP contribution in [0.25, 0.3) is 0 Å². The van der Waals surface area contributed by atoms with Gasteiger partial charge in [-0.15, -0.1) is 0 Å². The average Bonchev–Trinajstić information content (AvgIpc) is 3.48. The van der Waals surface area contributed by atoms with Crippen molar-refractivity contribution in [1.29, 1.82) is 0 Å². The molecule has 180 valence electrons. The molecule has 3 aliphatic rings. The number of para-hydroxylation sites is 1. The zero-order valence-electron chi connectivity index (χ0n) is 21.0. The monoisotopic (exact) mass is 468 g/mol. The Morgan fingerprint density at radius 3 is 2.26 bits per heavy atom. The Bertz CT molecular complexity index is 1220. The molecule has 0 amide bonds. The van der Waals surface area contributed by atoms with Gasteiger partial charge in [0, 0.05) is 18.1 Å². The summed E-state index contributed by atoms with van der Waals surface area (Å²) in [6.45, 7) is 13.2. The summed E-state index contributed by atoms with van der Waals surface area (Å²) >= 11 is 0. The fourth-order valence-corrected chi connectivity index (χ4v) is 6.91. The lowest BCUT2D eigenvalue weighted by Gasteiger charge is -2.34. The highest BCUT2D eigenvalue weighted by molar-refractivity contribution is 6.02. The Balaban J connectivity index is 1.82. The first-order valence-electron chi connectivity index (χ1n) is 12.5. The van der Waals surface area contributed by atoms with Crippen LogP contribution >= 0.6 is 0 Å². The molecule has 1 aliphatic carbocycles. The number of amidine groups is 2. The van der Waals surface area contributed by atoms with E-state index in [9.17, 15) is 13.2 Å². The summed E-state index contributed by atoms with van der Waals surface area (Å²) in [6, 6.07) is 13.0. The highest BCUT2D eigenvalue weighted by Gasteiger charge is 2.57. The molecule has 5 heteroatoms. The van der Waals surface area contributed by atoms with E-state index < -0.39 is 11.7 Å². The van der Waals surface area contributed by atoms with Crippen molar-refractivity contribution in [2.24, 2.45) is 17.8 Å². The highest BCUT2D eigenvalue weighted by atomic mass is 19.4. The number of hydrogen-bond acceptors (Lipinski definition) is 0. The molecule has 0 aromatic heterocycles. The lowest BCUT2D eigenvalue weighted by atomic mass is 9.69. The number of alkyl halides is 3. The topological polar surface area (TPSA) is 6.02 Å². The van der Waals surface area contributed by atoms with Crippen LogP contribution in [0.2, 0.25) is 0 Å². The summed E-state index contributed by atoms with van der Waals surface area (Å²) in [5.74, 6) is 3.53. The van der Waals surface area contributed by atoms with Crippen molar-refractivity contribution in [3.8, 4) is 0 Å². The van der Waals surface area contributed by atoms with E-state index in [1.165, 1.54) is 12.1 Å². The van der Waals surface area contributed by atoms with Gasteiger partial charge in [0.25, 0.3) is 0 Å². The quantitative estimate of drug-likeness (QED) is 0.409. The molecule has 0 radical (unpaired) electrons. The van der Waals surface area contributed by atoms with Gasteiger partial charge in [0.05, 0.1) is 12.5 Å². The van der Waals surface area contributed by atoms with Crippen LogP contribution in [0.15, 0.2) is 42.5 Å². The van der Waals surface area contributed by atoms with Crippen molar-refractivity contribution in [3.63, 3.8) is 0 Å². The third-order valence-corrected chi connectivity index (χ3v) is 8.56. The first kappa shape index (κ1) is 23.3. The maximum atomic E-state index is 13.9. The summed E-state index contributed by atoms with van der Waals surface area (Å²) in [5.41, 5.74) is 3.23. The molecule has 1 saturated carbocycles. The third kappa shape index (κ3) is 3.54. The van der Waals surface area contributed by atoms with Crippen LogP contribution in [-0.4, -0.2) is 26.9 Å². The van der Waals surface area contributed by atoms with Gasteiger partial charge in [0.2, 0.25) is 5.69 Å². The zero-order valence-corrected chi connectivity index (χ0v) is 21.0. The Labute approximate surface area is 200 Å². The molecule has 2 nitrogen and oxygen atoms in total. The minimum Gasteiger partial charge on any atom is -0.166 e. The van der Waals surface area contributed by atoms with E-state index >= 15 is 0 Å². The van der Waals surface area contributed by atoms with Crippen molar-refractivity contribution >= 4 is 17.4 Å². The van der Waals surface area contributed by atoms with Gasteiger partial charge in [-0.25, -0.2) is 0 Å². The molecule has 0 N–H and O–H groups in total. The summed E-state index contributed by atoms with van der Waals surface area (Å²) < 4.78 is 46.4. The molecule has 5 rings (SSSR count). The van der Waals surface area contributed by atoms with Crippen molar-refractivity contribution in [2.45, 2.75) is 78.4 Å². The molecule has 5 unspecified atom stereocenters. The molecule has 5 atom stereocenters. The molecular formula is C29H35F3N2+2. The number of aryl methyl sites for hydroxylation is 1. The molecule has 0 spiro atoms. The predicted octanol–water partition coefficient (Wildman–Crippen LogP) is 7.28. The van der Waals surface area contributed by atoms with Crippen LogP contribution in [0.1, 0.15) is 76.1 Å². The van der Waals surface area contributed by atoms with Crippen LogP contribution in [-0.2, 0) is 11.6 Å². The molecule has 2 heterocycles. The van der Waals surface area contributed by atoms with Crippen LogP contribution < -0.4 is 0 Å². The van der Waals surface area contributed by atoms with Gasteiger partial charge in [-0.2, -0.15) is 13.2 Å². The summed E-state index contributed by atoms with van der Waals surface area (Å²) in [6.07, 6.45) is -1.35. The Kier molecular flexibility index (Phi) is 5.34. The lowest BCUT2D eigenvalue weighted by Crippen LogP contribution is -2.52. The molecule has 0 saturated heterocycles. The second-order valence-corrected chi connectivity index (χ2v) is 11.3. The van der Waals surface area contributed by atoms with Crippen molar-refractivity contribution in [1.82, 2.24) is 0 Å². The van der Waals surface area contributed by atoms with Crippen LogP contribution in [0, 0.1) is 24.7 Å². The largest absolute Gasteiger partial charge is 0.467 e. The van der Waals surface area contributed by atoms with Gasteiger partial charge in [-0.05, 0) is 78.2 Å². The van der Waals surface area contributed by atoms with Crippen LogP contribution in [0.3, 0.4) is 0 Å². The smallest absolute Gasteiger partial charge is 0.166 e. The van der Waals surface area contributed by atoms with Crippen molar-refractivity contribution in [3.05, 3.63) is 64.7 Å². The molecular weight excluding hydrogens is 433 g/mol. The van der Waals surface area contributed by atoms with Crippen molar-refractivity contribution < 1.29 is 22.3 Å². The van der Waals surface area contributed by atoms with Crippen LogP contribution in [0.4, 0.5) is 18.9 Å². The fourth-order valence-electron chi connectivity index (χ4n) is 6.91. The van der Waals surface area contributed by atoms with E-state index in [2.05, 4.69) is 62.8 Å². The average molecular weight is 469 g/mol. The van der Waals surface area contributed by atoms with E-state index in [0.717, 1.165) is 53.3 Å². The minimum atomic E-state index is -4.36. The van der Waals surface area contributed by atoms with Gasteiger partial charge in [0.1, 0.15) is 5.56 Å². The van der Waals surface area contributed by atoms with Gasteiger partial charge in [-0.3, -0.25) is 0 Å². The third-order valence-electron chi connectivity index (χ3n) is 8.56. The second-order valence-electron chi connectivity index (χ2n) is 11.3. The number of benzene rings is 2. The maximum Gasteiger partial charge on any atom is 0.467 e. The maximum absolute atomic E-state index is 13.9. The molecule has 2 aliphatic heterocycles. The summed E-state index contributed by atoms with van der Waals surface area (Å²) in [4.78, 5) is 0. The predicted molar refractivity (Wildman–Crippen MR) is 130 cm³/mol. The van der Waals surface area contributed by atoms with E-state index in [0.29, 0.717) is 17.8 Å². The number of hydrogen-bond donors (Lipinski definition) is 0.